The minimum absolute atomic E-state index is 0.617. The number of nitrogens with zero attached hydrogens (tertiary/aromatic N) is 1. The molecular weight excluding hydrogens is 252 g/mol. The average molecular weight is 282 g/mol. The topological polar surface area (TPSA) is 15.3 Å². The number of rotatable bonds is 9. The van der Waals surface area contributed by atoms with Gasteiger partial charge in [0.25, 0.3) is 0 Å². The van der Waals surface area contributed by atoms with Gasteiger partial charge in [-0.1, -0.05) is 26.8 Å². The van der Waals surface area contributed by atoms with Gasteiger partial charge in [0.2, 0.25) is 0 Å². The SMILES string of the molecule is CC(C)CNCC(C)CN(C)C(C)Cc1cccs1. The highest BCUT2D eigenvalue weighted by Gasteiger charge is 2.13. The van der Waals surface area contributed by atoms with E-state index in [1.54, 1.807) is 0 Å². The maximum absolute atomic E-state index is 3.55. The minimum Gasteiger partial charge on any atom is -0.316 e. The molecule has 0 bridgehead atoms. The molecule has 0 saturated heterocycles. The summed E-state index contributed by atoms with van der Waals surface area (Å²) in [6.07, 6.45) is 1.17. The maximum atomic E-state index is 3.55. The van der Waals surface area contributed by atoms with Crippen LogP contribution in [0, 0.1) is 11.8 Å². The lowest BCUT2D eigenvalue weighted by Gasteiger charge is -2.27. The third kappa shape index (κ3) is 7.09. The van der Waals surface area contributed by atoms with Crippen LogP contribution in [0.2, 0.25) is 0 Å². The van der Waals surface area contributed by atoms with Crippen molar-refractivity contribution in [3.63, 3.8) is 0 Å². The predicted octanol–water partition coefficient (Wildman–Crippen LogP) is 3.49. The molecule has 2 nitrogen and oxygen atoms in total. The van der Waals surface area contributed by atoms with Crippen molar-refractivity contribution in [1.82, 2.24) is 10.2 Å². The van der Waals surface area contributed by atoms with Gasteiger partial charge in [-0.15, -0.1) is 11.3 Å². The van der Waals surface area contributed by atoms with Crippen LogP contribution in [-0.4, -0.2) is 37.6 Å². The van der Waals surface area contributed by atoms with E-state index in [1.807, 2.05) is 11.3 Å². The molecule has 0 aromatic carbocycles. The molecule has 0 radical (unpaired) electrons. The van der Waals surface area contributed by atoms with E-state index in [4.69, 9.17) is 0 Å². The monoisotopic (exact) mass is 282 g/mol. The summed E-state index contributed by atoms with van der Waals surface area (Å²) in [7, 11) is 2.25. The van der Waals surface area contributed by atoms with Crippen molar-refractivity contribution in [2.24, 2.45) is 11.8 Å². The van der Waals surface area contributed by atoms with Crippen LogP contribution in [0.15, 0.2) is 17.5 Å². The summed E-state index contributed by atoms with van der Waals surface area (Å²) in [4.78, 5) is 3.98. The number of nitrogens with one attached hydrogen (secondary N) is 1. The van der Waals surface area contributed by atoms with Gasteiger partial charge in [-0.2, -0.15) is 0 Å². The summed E-state index contributed by atoms with van der Waals surface area (Å²) < 4.78 is 0. The van der Waals surface area contributed by atoms with Crippen molar-refractivity contribution in [3.8, 4) is 0 Å². The first-order valence-corrected chi connectivity index (χ1v) is 8.30. The van der Waals surface area contributed by atoms with Gasteiger partial charge in [0.05, 0.1) is 0 Å². The molecule has 1 aromatic heterocycles. The molecule has 110 valence electrons. The largest absolute Gasteiger partial charge is 0.316 e. The molecule has 0 spiro atoms. The van der Waals surface area contributed by atoms with Crippen molar-refractivity contribution in [1.29, 1.82) is 0 Å². The lowest BCUT2D eigenvalue weighted by atomic mass is 10.1. The molecule has 2 unspecified atom stereocenters. The first-order valence-electron chi connectivity index (χ1n) is 7.42. The van der Waals surface area contributed by atoms with Crippen molar-refractivity contribution >= 4 is 11.3 Å². The quantitative estimate of drug-likeness (QED) is 0.746. The Balaban J connectivity index is 2.23. The molecule has 0 saturated carbocycles. The summed E-state index contributed by atoms with van der Waals surface area (Å²) in [6.45, 7) is 12.6. The average Bonchev–Trinajstić information content (AvgIpc) is 2.81. The number of thiophene rings is 1. The summed E-state index contributed by atoms with van der Waals surface area (Å²) in [5, 5.41) is 5.72. The third-order valence-electron chi connectivity index (χ3n) is 3.47. The van der Waals surface area contributed by atoms with E-state index in [1.165, 1.54) is 11.3 Å². The van der Waals surface area contributed by atoms with Crippen molar-refractivity contribution < 1.29 is 0 Å². The Morgan fingerprint density at radius 3 is 2.53 bits per heavy atom. The van der Waals surface area contributed by atoms with E-state index in [-0.39, 0.29) is 0 Å². The fraction of sp³-hybridized carbons (Fsp3) is 0.750. The van der Waals surface area contributed by atoms with E-state index in [9.17, 15) is 0 Å². The van der Waals surface area contributed by atoms with Crippen LogP contribution < -0.4 is 5.32 Å². The Kier molecular flexibility index (Phi) is 7.66. The zero-order valence-corrected chi connectivity index (χ0v) is 14.0. The van der Waals surface area contributed by atoms with Crippen molar-refractivity contribution in [2.45, 2.75) is 40.2 Å². The molecule has 0 aliphatic heterocycles. The van der Waals surface area contributed by atoms with Crippen molar-refractivity contribution in [3.05, 3.63) is 22.4 Å². The van der Waals surface area contributed by atoms with Gasteiger partial charge in [0, 0.05) is 17.5 Å². The van der Waals surface area contributed by atoms with Crippen LogP contribution in [0.1, 0.15) is 32.6 Å². The highest BCUT2D eigenvalue weighted by Crippen LogP contribution is 2.14. The summed E-state index contributed by atoms with van der Waals surface area (Å²) >= 11 is 1.87. The number of hydrogen-bond donors (Lipinski definition) is 1. The second-order valence-electron chi connectivity index (χ2n) is 6.23. The zero-order valence-electron chi connectivity index (χ0n) is 13.1. The molecule has 3 heteroatoms. The molecule has 2 atom stereocenters. The molecule has 0 amide bonds. The molecule has 0 aliphatic carbocycles. The first kappa shape index (κ1) is 16.7. The van der Waals surface area contributed by atoms with Gasteiger partial charge < -0.3 is 10.2 Å². The molecule has 1 aromatic rings. The smallest absolute Gasteiger partial charge is 0.0112 e. The first-order chi connectivity index (χ1) is 8.99. The summed E-state index contributed by atoms with van der Waals surface area (Å²) in [5.41, 5.74) is 0. The second kappa shape index (κ2) is 8.72. The molecule has 0 aliphatic rings. The van der Waals surface area contributed by atoms with Crippen LogP contribution in [0.3, 0.4) is 0 Å². The molecule has 1 N–H and O–H groups in total. The minimum atomic E-state index is 0.617. The summed E-state index contributed by atoms with van der Waals surface area (Å²) in [6, 6.07) is 5.00. The number of likely N-dealkylation sites (N-methyl/N-ethyl adjacent to an activating group) is 1. The second-order valence-corrected chi connectivity index (χ2v) is 7.26. The Morgan fingerprint density at radius 2 is 1.95 bits per heavy atom. The van der Waals surface area contributed by atoms with E-state index in [0.717, 1.165) is 25.6 Å². The van der Waals surface area contributed by atoms with Gasteiger partial charge in [-0.3, -0.25) is 0 Å². The van der Waals surface area contributed by atoms with Crippen LogP contribution in [-0.2, 0) is 6.42 Å². The normalized spacial score (nSPS) is 15.1. The highest BCUT2D eigenvalue weighted by atomic mass is 32.1. The van der Waals surface area contributed by atoms with Crippen LogP contribution in [0.4, 0.5) is 0 Å². The molecule has 19 heavy (non-hydrogen) atoms. The van der Waals surface area contributed by atoms with Gasteiger partial charge in [0.1, 0.15) is 0 Å². The summed E-state index contributed by atoms with van der Waals surface area (Å²) in [5.74, 6) is 1.44. The molecular formula is C16H30N2S. The number of hydrogen-bond acceptors (Lipinski definition) is 3. The van der Waals surface area contributed by atoms with E-state index >= 15 is 0 Å². The van der Waals surface area contributed by atoms with E-state index in [2.05, 4.69) is 62.5 Å². The predicted molar refractivity (Wildman–Crippen MR) is 87.0 cm³/mol. The van der Waals surface area contributed by atoms with Gasteiger partial charge in [-0.05, 0) is 56.8 Å². The Morgan fingerprint density at radius 1 is 1.21 bits per heavy atom. The lowest BCUT2D eigenvalue weighted by molar-refractivity contribution is 0.220. The van der Waals surface area contributed by atoms with Crippen LogP contribution in [0.25, 0.3) is 0 Å². The van der Waals surface area contributed by atoms with Crippen LogP contribution in [0.5, 0.6) is 0 Å². The lowest BCUT2D eigenvalue weighted by Crippen LogP contribution is -2.37. The Labute approximate surface area is 123 Å². The molecule has 1 heterocycles. The van der Waals surface area contributed by atoms with Gasteiger partial charge in [-0.25, -0.2) is 0 Å². The molecule has 1 rings (SSSR count). The van der Waals surface area contributed by atoms with Crippen molar-refractivity contribution in [2.75, 3.05) is 26.7 Å². The van der Waals surface area contributed by atoms with Crippen LogP contribution >= 0.6 is 11.3 Å². The fourth-order valence-corrected chi connectivity index (χ4v) is 3.06. The highest BCUT2D eigenvalue weighted by molar-refractivity contribution is 7.09. The molecule has 0 fully saturated rings. The van der Waals surface area contributed by atoms with Gasteiger partial charge in [0.15, 0.2) is 0 Å². The van der Waals surface area contributed by atoms with Gasteiger partial charge >= 0.3 is 0 Å². The van der Waals surface area contributed by atoms with E-state index in [0.29, 0.717) is 12.0 Å². The Bertz CT molecular complexity index is 321. The van der Waals surface area contributed by atoms with E-state index < -0.39 is 0 Å². The zero-order chi connectivity index (χ0) is 14.3. The third-order valence-corrected chi connectivity index (χ3v) is 4.37. The standard InChI is InChI=1S/C16H30N2S/c1-13(2)10-17-11-14(3)12-18(5)15(4)9-16-7-6-8-19-16/h6-8,13-15,17H,9-12H2,1-5H3. The fourth-order valence-electron chi connectivity index (χ4n) is 2.23. The maximum Gasteiger partial charge on any atom is 0.0112 e. The Hall–Kier alpha value is -0.380.